The van der Waals surface area contributed by atoms with Crippen LogP contribution in [0.5, 0.6) is 0 Å². The first-order valence-electron chi connectivity index (χ1n) is 25.2. The van der Waals surface area contributed by atoms with E-state index in [4.69, 9.17) is 14.2 Å². The molecule has 0 bridgehead atoms. The lowest BCUT2D eigenvalue weighted by atomic mass is 10.0. The highest BCUT2D eigenvalue weighted by Crippen LogP contribution is 2.16. The summed E-state index contributed by atoms with van der Waals surface area (Å²) in [5.41, 5.74) is 0. The van der Waals surface area contributed by atoms with Gasteiger partial charge >= 0.3 is 17.9 Å². The van der Waals surface area contributed by atoms with Crippen LogP contribution in [0.1, 0.15) is 278 Å². The first kappa shape index (κ1) is 55.2. The van der Waals surface area contributed by atoms with Crippen LogP contribution in [0, 0.1) is 0 Å². The van der Waals surface area contributed by atoms with E-state index in [0.29, 0.717) is 19.3 Å². The average molecular weight is 805 g/mol. The Morgan fingerprint density at radius 3 is 0.912 bits per heavy atom. The average Bonchev–Trinajstić information content (AvgIpc) is 3.21. The van der Waals surface area contributed by atoms with Crippen molar-refractivity contribution in [2.24, 2.45) is 0 Å². The molecule has 6 heteroatoms. The van der Waals surface area contributed by atoms with Crippen LogP contribution in [-0.4, -0.2) is 37.2 Å². The van der Waals surface area contributed by atoms with Gasteiger partial charge in [0.1, 0.15) is 13.2 Å². The van der Waals surface area contributed by atoms with Crippen LogP contribution in [0.4, 0.5) is 0 Å². The topological polar surface area (TPSA) is 78.9 Å². The zero-order chi connectivity index (χ0) is 41.5. The highest BCUT2D eigenvalue weighted by Gasteiger charge is 2.19. The minimum absolute atomic E-state index is 0.0686. The van der Waals surface area contributed by atoms with Gasteiger partial charge in [-0.05, 0) is 44.9 Å². The van der Waals surface area contributed by atoms with E-state index >= 15 is 0 Å². The summed E-state index contributed by atoms with van der Waals surface area (Å²) < 4.78 is 16.7. The molecule has 6 nitrogen and oxygen atoms in total. The molecule has 57 heavy (non-hydrogen) atoms. The van der Waals surface area contributed by atoms with Gasteiger partial charge in [-0.25, -0.2) is 0 Å². The van der Waals surface area contributed by atoms with Crippen molar-refractivity contribution in [1.29, 1.82) is 0 Å². The third-order valence-corrected chi connectivity index (χ3v) is 11.3. The molecule has 0 rings (SSSR count). The predicted molar refractivity (Wildman–Crippen MR) is 243 cm³/mol. The molecule has 1 atom stereocenters. The van der Waals surface area contributed by atoms with Crippen LogP contribution in [-0.2, 0) is 28.6 Å². The van der Waals surface area contributed by atoms with E-state index in [1.165, 1.54) is 173 Å². The van der Waals surface area contributed by atoms with Crippen molar-refractivity contribution in [3.05, 3.63) is 12.2 Å². The van der Waals surface area contributed by atoms with Crippen molar-refractivity contribution in [2.45, 2.75) is 284 Å². The largest absolute Gasteiger partial charge is 0.462 e. The van der Waals surface area contributed by atoms with Gasteiger partial charge in [0.05, 0.1) is 0 Å². The van der Waals surface area contributed by atoms with Gasteiger partial charge in [-0.15, -0.1) is 0 Å². The smallest absolute Gasteiger partial charge is 0.306 e. The van der Waals surface area contributed by atoms with E-state index in [1.54, 1.807) is 0 Å². The lowest BCUT2D eigenvalue weighted by Gasteiger charge is -2.18. The molecule has 0 spiro atoms. The van der Waals surface area contributed by atoms with E-state index < -0.39 is 6.10 Å². The number of allylic oxidation sites excluding steroid dienone is 2. The van der Waals surface area contributed by atoms with Gasteiger partial charge in [-0.1, -0.05) is 226 Å². The van der Waals surface area contributed by atoms with Crippen molar-refractivity contribution < 1.29 is 28.6 Å². The molecule has 0 heterocycles. The van der Waals surface area contributed by atoms with Crippen molar-refractivity contribution >= 4 is 17.9 Å². The highest BCUT2D eigenvalue weighted by molar-refractivity contribution is 5.71. The summed E-state index contributed by atoms with van der Waals surface area (Å²) in [5, 5.41) is 0. The number of ether oxygens (including phenoxy) is 3. The molecule has 0 aromatic carbocycles. The summed E-state index contributed by atoms with van der Waals surface area (Å²) >= 11 is 0. The Bertz CT molecular complexity index is 885. The monoisotopic (exact) mass is 805 g/mol. The molecular formula is C51H96O6. The van der Waals surface area contributed by atoms with Crippen LogP contribution in [0.25, 0.3) is 0 Å². The highest BCUT2D eigenvalue weighted by atomic mass is 16.6. The lowest BCUT2D eigenvalue weighted by molar-refractivity contribution is -0.167. The fourth-order valence-corrected chi connectivity index (χ4v) is 7.44. The Morgan fingerprint density at radius 1 is 0.333 bits per heavy atom. The fourth-order valence-electron chi connectivity index (χ4n) is 7.44. The SMILES string of the molecule is CCCCC/C=C\CCCCCCCC(=O)OC(COC(=O)CCCCCCCCCCC)COC(=O)CCCCCCCCCCCCCCCCCCCC. The molecule has 0 fully saturated rings. The number of carbonyl (C=O) groups excluding carboxylic acids is 3. The Kier molecular flexibility index (Phi) is 45.3. The van der Waals surface area contributed by atoms with E-state index in [1.807, 2.05) is 0 Å². The maximum Gasteiger partial charge on any atom is 0.306 e. The molecule has 1 unspecified atom stereocenters. The Labute approximate surface area is 354 Å². The zero-order valence-corrected chi connectivity index (χ0v) is 38.4. The van der Waals surface area contributed by atoms with E-state index in [-0.39, 0.29) is 31.1 Å². The van der Waals surface area contributed by atoms with Crippen LogP contribution in [0.2, 0.25) is 0 Å². The van der Waals surface area contributed by atoms with Crippen molar-refractivity contribution in [3.63, 3.8) is 0 Å². The molecule has 0 saturated heterocycles. The molecule has 0 aliphatic rings. The van der Waals surface area contributed by atoms with E-state index in [0.717, 1.165) is 64.2 Å². The quantitative estimate of drug-likeness (QED) is 0.0264. The van der Waals surface area contributed by atoms with Crippen LogP contribution in [0.3, 0.4) is 0 Å². The van der Waals surface area contributed by atoms with Crippen LogP contribution in [0.15, 0.2) is 12.2 Å². The maximum absolute atomic E-state index is 12.7. The van der Waals surface area contributed by atoms with Crippen molar-refractivity contribution in [2.75, 3.05) is 13.2 Å². The number of unbranched alkanes of at least 4 members (excludes halogenated alkanes) is 33. The molecule has 0 aromatic heterocycles. The molecule has 0 amide bonds. The molecule has 0 N–H and O–H groups in total. The number of rotatable bonds is 46. The van der Waals surface area contributed by atoms with Crippen LogP contribution >= 0.6 is 0 Å². The van der Waals surface area contributed by atoms with Gasteiger partial charge in [0.25, 0.3) is 0 Å². The van der Waals surface area contributed by atoms with E-state index in [2.05, 4.69) is 32.9 Å². The molecule has 0 radical (unpaired) electrons. The van der Waals surface area contributed by atoms with E-state index in [9.17, 15) is 14.4 Å². The number of hydrogen-bond donors (Lipinski definition) is 0. The summed E-state index contributed by atoms with van der Waals surface area (Å²) in [6.45, 7) is 6.62. The molecule has 0 saturated carbocycles. The third kappa shape index (κ3) is 45.1. The maximum atomic E-state index is 12.7. The number of hydrogen-bond acceptors (Lipinski definition) is 6. The second kappa shape index (κ2) is 46.8. The third-order valence-electron chi connectivity index (χ3n) is 11.3. The molecular weight excluding hydrogens is 709 g/mol. The Balaban J connectivity index is 4.24. The standard InChI is InChI=1S/C51H96O6/c1-4-7-10-13-16-19-21-23-24-25-26-27-28-30-32-35-38-41-44-50(53)56-47-48(46-55-49(52)43-40-37-34-31-18-15-12-9-6-3)57-51(54)45-42-39-36-33-29-22-20-17-14-11-8-5-2/h17,20,48H,4-16,18-19,21-47H2,1-3H3/b20-17-. The summed E-state index contributed by atoms with van der Waals surface area (Å²) in [6, 6.07) is 0. The van der Waals surface area contributed by atoms with Crippen molar-refractivity contribution in [3.8, 4) is 0 Å². The second-order valence-electron chi connectivity index (χ2n) is 17.1. The van der Waals surface area contributed by atoms with Gasteiger partial charge in [-0.3, -0.25) is 14.4 Å². The molecule has 0 aliphatic carbocycles. The predicted octanol–water partition coefficient (Wildman–Crippen LogP) is 16.2. The first-order chi connectivity index (χ1) is 28.0. The summed E-state index contributed by atoms with van der Waals surface area (Å²) in [7, 11) is 0. The van der Waals surface area contributed by atoms with Gasteiger partial charge in [0, 0.05) is 19.3 Å². The normalized spacial score (nSPS) is 12.0. The minimum atomic E-state index is -0.766. The number of carbonyl (C=O) groups is 3. The van der Waals surface area contributed by atoms with Crippen LogP contribution < -0.4 is 0 Å². The van der Waals surface area contributed by atoms with Gasteiger partial charge in [0.2, 0.25) is 0 Å². The fraction of sp³-hybridized carbons (Fsp3) is 0.902. The zero-order valence-electron chi connectivity index (χ0n) is 38.4. The summed E-state index contributed by atoms with van der Waals surface area (Å²) in [6.07, 6.45) is 50.6. The second-order valence-corrected chi connectivity index (χ2v) is 17.1. The first-order valence-corrected chi connectivity index (χ1v) is 25.2. The minimum Gasteiger partial charge on any atom is -0.462 e. The van der Waals surface area contributed by atoms with Gasteiger partial charge in [-0.2, -0.15) is 0 Å². The molecule has 336 valence electrons. The molecule has 0 aromatic rings. The van der Waals surface area contributed by atoms with Gasteiger partial charge < -0.3 is 14.2 Å². The molecule has 0 aliphatic heterocycles. The summed E-state index contributed by atoms with van der Waals surface area (Å²) in [5.74, 6) is -0.867. The van der Waals surface area contributed by atoms with Gasteiger partial charge in [0.15, 0.2) is 6.10 Å². The Hall–Kier alpha value is -1.85. The summed E-state index contributed by atoms with van der Waals surface area (Å²) in [4.78, 5) is 37.8. The number of esters is 3. The lowest BCUT2D eigenvalue weighted by Crippen LogP contribution is -2.30. The van der Waals surface area contributed by atoms with Crippen molar-refractivity contribution in [1.82, 2.24) is 0 Å². The Morgan fingerprint density at radius 2 is 0.579 bits per heavy atom.